The number of aryl methyl sites for hydroxylation is 1. The van der Waals surface area contributed by atoms with Crippen LogP contribution in [-0.4, -0.2) is 44.3 Å². The fourth-order valence-corrected chi connectivity index (χ4v) is 2.26. The molecule has 0 bridgehead atoms. The van der Waals surface area contributed by atoms with Crippen molar-refractivity contribution in [1.29, 1.82) is 0 Å². The summed E-state index contributed by atoms with van der Waals surface area (Å²) in [4.78, 5) is 10.9. The predicted octanol–water partition coefficient (Wildman–Crippen LogP) is 1.25. The van der Waals surface area contributed by atoms with Crippen molar-refractivity contribution < 1.29 is 14.6 Å². The summed E-state index contributed by atoms with van der Waals surface area (Å²) >= 11 is 0. The Morgan fingerprint density at radius 1 is 1.39 bits per heavy atom. The molecule has 0 saturated heterocycles. The van der Waals surface area contributed by atoms with E-state index < -0.39 is 12.0 Å². The Morgan fingerprint density at radius 3 is 2.74 bits per heavy atom. The van der Waals surface area contributed by atoms with Crippen molar-refractivity contribution in [2.45, 2.75) is 38.1 Å². The van der Waals surface area contributed by atoms with Gasteiger partial charge in [0.1, 0.15) is 11.8 Å². The predicted molar refractivity (Wildman–Crippen MR) is 83.1 cm³/mol. The number of ether oxygens (including phenoxy) is 1. The van der Waals surface area contributed by atoms with Crippen LogP contribution in [0.15, 0.2) is 24.3 Å². The smallest absolute Gasteiger partial charge is 0.320 e. The fraction of sp³-hybridized carbons (Fsp3) is 0.467. The van der Waals surface area contributed by atoms with Crippen molar-refractivity contribution in [2.24, 2.45) is 5.73 Å². The topological polar surface area (TPSA) is 127 Å². The molecule has 4 N–H and O–H groups in total. The molecule has 23 heavy (non-hydrogen) atoms. The fourth-order valence-electron chi connectivity index (χ4n) is 2.26. The van der Waals surface area contributed by atoms with Gasteiger partial charge in [-0.2, -0.15) is 5.21 Å². The van der Waals surface area contributed by atoms with E-state index in [1.165, 1.54) is 5.56 Å². The number of nitrogens with zero attached hydrogens (tertiary/aromatic N) is 3. The molecule has 0 aliphatic carbocycles. The van der Waals surface area contributed by atoms with Gasteiger partial charge in [0.05, 0.1) is 6.61 Å². The highest BCUT2D eigenvalue weighted by molar-refractivity contribution is 5.73. The molecule has 0 aliphatic heterocycles. The lowest BCUT2D eigenvalue weighted by Crippen LogP contribution is -2.32. The summed E-state index contributed by atoms with van der Waals surface area (Å²) in [5.74, 6) is 0.0989. The molecule has 0 spiro atoms. The van der Waals surface area contributed by atoms with E-state index in [1.807, 2.05) is 31.2 Å². The first kappa shape index (κ1) is 16.9. The number of aromatic nitrogens is 4. The lowest BCUT2D eigenvalue weighted by Gasteiger charge is -2.15. The van der Waals surface area contributed by atoms with Crippen LogP contribution in [0.3, 0.4) is 0 Å². The molecule has 1 aromatic carbocycles. The number of benzene rings is 1. The van der Waals surface area contributed by atoms with Gasteiger partial charge in [0.15, 0.2) is 5.82 Å². The van der Waals surface area contributed by atoms with Crippen LogP contribution in [0.2, 0.25) is 0 Å². The minimum Gasteiger partial charge on any atom is -0.494 e. The second kappa shape index (κ2) is 8.23. The average molecular weight is 319 g/mol. The largest absolute Gasteiger partial charge is 0.494 e. The number of aliphatic carboxylic acids is 1. The van der Waals surface area contributed by atoms with E-state index >= 15 is 0 Å². The van der Waals surface area contributed by atoms with Gasteiger partial charge >= 0.3 is 5.97 Å². The van der Waals surface area contributed by atoms with E-state index in [-0.39, 0.29) is 12.3 Å². The molecule has 124 valence electrons. The number of tetrazole rings is 1. The van der Waals surface area contributed by atoms with Gasteiger partial charge in [0.2, 0.25) is 0 Å². The number of carbonyl (C=O) groups is 1. The lowest BCUT2D eigenvalue weighted by molar-refractivity contribution is -0.138. The maximum Gasteiger partial charge on any atom is 0.320 e. The summed E-state index contributed by atoms with van der Waals surface area (Å²) in [6, 6.07) is 6.88. The summed E-state index contributed by atoms with van der Waals surface area (Å²) in [6.45, 7) is 2.55. The number of aromatic amines is 1. The molecule has 0 amide bonds. The summed E-state index contributed by atoms with van der Waals surface area (Å²) in [6.07, 6.45) is 1.67. The number of carboxylic acids is 1. The number of H-pyrrole nitrogens is 1. The summed E-state index contributed by atoms with van der Waals surface area (Å²) in [7, 11) is 0. The number of carboxylic acid groups (broad SMARTS) is 1. The Balaban J connectivity index is 1.83. The minimum atomic E-state index is -1.03. The Bertz CT molecular complexity index is 600. The highest BCUT2D eigenvalue weighted by Crippen LogP contribution is 2.23. The quantitative estimate of drug-likeness (QED) is 0.593. The monoisotopic (exact) mass is 319 g/mol. The Kier molecular flexibility index (Phi) is 6.04. The molecule has 0 radical (unpaired) electrons. The van der Waals surface area contributed by atoms with E-state index in [9.17, 15) is 4.79 Å². The van der Waals surface area contributed by atoms with Crippen molar-refractivity contribution >= 4 is 5.97 Å². The van der Waals surface area contributed by atoms with Crippen LogP contribution in [0.25, 0.3) is 0 Å². The van der Waals surface area contributed by atoms with Crippen molar-refractivity contribution in [3.63, 3.8) is 0 Å². The van der Waals surface area contributed by atoms with Gasteiger partial charge < -0.3 is 15.6 Å². The first-order chi connectivity index (χ1) is 11.1. The molecular weight excluding hydrogens is 298 g/mol. The van der Waals surface area contributed by atoms with Crippen LogP contribution in [-0.2, 0) is 4.79 Å². The number of hydrogen-bond donors (Lipinski definition) is 3. The normalized spacial score (nSPS) is 13.5. The molecule has 8 heteroatoms. The lowest BCUT2D eigenvalue weighted by atomic mass is 9.95. The molecule has 0 saturated carbocycles. The molecule has 0 fully saturated rings. The zero-order valence-corrected chi connectivity index (χ0v) is 13.0. The molecule has 2 aromatic rings. The highest BCUT2D eigenvalue weighted by atomic mass is 16.5. The van der Waals surface area contributed by atoms with Crippen LogP contribution in [0.1, 0.15) is 36.6 Å². The Labute approximate surface area is 134 Å². The van der Waals surface area contributed by atoms with Crippen LogP contribution < -0.4 is 10.5 Å². The molecule has 2 rings (SSSR count). The second-order valence-corrected chi connectivity index (χ2v) is 5.45. The third-order valence-electron chi connectivity index (χ3n) is 3.57. The highest BCUT2D eigenvalue weighted by Gasteiger charge is 2.23. The first-order valence-corrected chi connectivity index (χ1v) is 7.47. The molecule has 2 atom stereocenters. The Hall–Kier alpha value is -2.48. The van der Waals surface area contributed by atoms with Crippen molar-refractivity contribution in [1.82, 2.24) is 20.6 Å². The van der Waals surface area contributed by atoms with Gasteiger partial charge in [-0.1, -0.05) is 22.9 Å². The SMILES string of the molecule is Cc1ccc(OCCCC(CC(N)C(=O)O)c2nn[nH]n2)cc1. The van der Waals surface area contributed by atoms with Gasteiger partial charge in [-0.3, -0.25) is 4.79 Å². The zero-order valence-electron chi connectivity index (χ0n) is 13.0. The number of hydrogen-bond acceptors (Lipinski definition) is 6. The van der Waals surface area contributed by atoms with Crippen LogP contribution in [0, 0.1) is 6.92 Å². The van der Waals surface area contributed by atoms with Gasteiger partial charge in [0.25, 0.3) is 0 Å². The standard InChI is InChI=1S/C15H21N5O3/c1-10-4-6-12(7-5-10)23-8-2-3-11(9-13(16)15(21)22)14-17-19-20-18-14/h4-7,11,13H,2-3,8-9,16H2,1H3,(H,21,22)(H,17,18,19,20). The molecule has 2 unspecified atom stereocenters. The van der Waals surface area contributed by atoms with Crippen LogP contribution in [0.4, 0.5) is 0 Å². The summed E-state index contributed by atoms with van der Waals surface area (Å²) in [5.41, 5.74) is 6.79. The zero-order chi connectivity index (χ0) is 16.7. The molecular formula is C15H21N5O3. The number of rotatable bonds is 9. The van der Waals surface area contributed by atoms with Gasteiger partial charge in [0, 0.05) is 5.92 Å². The van der Waals surface area contributed by atoms with Crippen molar-refractivity contribution in [2.75, 3.05) is 6.61 Å². The van der Waals surface area contributed by atoms with E-state index in [4.69, 9.17) is 15.6 Å². The molecule has 1 heterocycles. The minimum absolute atomic E-state index is 0.165. The van der Waals surface area contributed by atoms with Crippen molar-refractivity contribution in [3.05, 3.63) is 35.7 Å². The average Bonchev–Trinajstić information content (AvgIpc) is 3.06. The van der Waals surface area contributed by atoms with E-state index in [1.54, 1.807) is 0 Å². The maximum atomic E-state index is 10.9. The molecule has 8 nitrogen and oxygen atoms in total. The summed E-state index contributed by atoms with van der Waals surface area (Å²) < 4.78 is 5.67. The summed E-state index contributed by atoms with van der Waals surface area (Å²) in [5, 5.41) is 22.7. The van der Waals surface area contributed by atoms with Gasteiger partial charge in [-0.15, -0.1) is 10.2 Å². The first-order valence-electron chi connectivity index (χ1n) is 7.47. The van der Waals surface area contributed by atoms with Gasteiger partial charge in [-0.05, 0) is 38.3 Å². The third-order valence-corrected chi connectivity index (χ3v) is 3.57. The second-order valence-electron chi connectivity index (χ2n) is 5.45. The number of nitrogens with two attached hydrogens (primary N) is 1. The van der Waals surface area contributed by atoms with E-state index in [2.05, 4.69) is 20.6 Å². The van der Waals surface area contributed by atoms with Crippen LogP contribution >= 0.6 is 0 Å². The van der Waals surface area contributed by atoms with E-state index in [0.29, 0.717) is 18.9 Å². The van der Waals surface area contributed by atoms with E-state index in [0.717, 1.165) is 12.2 Å². The molecule has 0 aliphatic rings. The number of nitrogens with one attached hydrogen (secondary N) is 1. The third kappa shape index (κ3) is 5.33. The molecule has 1 aromatic heterocycles. The van der Waals surface area contributed by atoms with Crippen LogP contribution in [0.5, 0.6) is 5.75 Å². The van der Waals surface area contributed by atoms with Gasteiger partial charge in [-0.25, -0.2) is 0 Å². The Morgan fingerprint density at radius 2 is 2.13 bits per heavy atom. The maximum absolute atomic E-state index is 10.9. The van der Waals surface area contributed by atoms with Crippen molar-refractivity contribution in [3.8, 4) is 5.75 Å².